The van der Waals surface area contributed by atoms with Crippen LogP contribution in [0.3, 0.4) is 0 Å². The molecule has 1 saturated heterocycles. The van der Waals surface area contributed by atoms with Crippen LogP contribution in [0.1, 0.15) is 41.3 Å². The fourth-order valence-corrected chi connectivity index (χ4v) is 6.09. The van der Waals surface area contributed by atoms with Crippen molar-refractivity contribution >= 4 is 46.4 Å². The number of likely N-dealkylation sites (tertiary alicyclic amines) is 1. The molecule has 1 aromatic heterocycles. The third kappa shape index (κ3) is 4.49. The van der Waals surface area contributed by atoms with Crippen LogP contribution in [0.25, 0.3) is 0 Å². The van der Waals surface area contributed by atoms with Crippen LogP contribution < -0.4 is 14.8 Å². The molecule has 0 radical (unpaired) electrons. The number of fused-ring (bicyclic) bond motifs is 1. The predicted molar refractivity (Wildman–Crippen MR) is 137 cm³/mol. The smallest absolute Gasteiger partial charge is 0.236 e. The van der Waals surface area contributed by atoms with E-state index in [0.29, 0.717) is 28.2 Å². The van der Waals surface area contributed by atoms with Crippen molar-refractivity contribution in [1.29, 1.82) is 0 Å². The van der Waals surface area contributed by atoms with Gasteiger partial charge in [0.1, 0.15) is 0 Å². The summed E-state index contributed by atoms with van der Waals surface area (Å²) in [7, 11) is 0. The first-order valence-corrected chi connectivity index (χ1v) is 12.6. The van der Waals surface area contributed by atoms with E-state index in [2.05, 4.69) is 15.2 Å². The van der Waals surface area contributed by atoms with Crippen LogP contribution in [0, 0.1) is 0 Å². The second-order valence-electron chi connectivity index (χ2n) is 9.03. The van der Waals surface area contributed by atoms with Crippen LogP contribution in [0.4, 0.5) is 5.13 Å². The zero-order valence-electron chi connectivity index (χ0n) is 18.8. The van der Waals surface area contributed by atoms with Gasteiger partial charge in [0.15, 0.2) is 16.6 Å². The van der Waals surface area contributed by atoms with E-state index in [9.17, 15) is 9.90 Å². The van der Waals surface area contributed by atoms with Crippen molar-refractivity contribution in [3.8, 4) is 11.5 Å². The number of aromatic nitrogens is 1. The molecule has 10 heteroatoms. The molecule has 0 spiro atoms. The Labute approximate surface area is 218 Å². The van der Waals surface area contributed by atoms with Crippen molar-refractivity contribution in [3.05, 3.63) is 69.7 Å². The van der Waals surface area contributed by atoms with Crippen LogP contribution in [0.5, 0.6) is 11.5 Å². The number of benzene rings is 2. The second-order valence-corrected chi connectivity index (χ2v) is 10.5. The summed E-state index contributed by atoms with van der Waals surface area (Å²) in [4.78, 5) is 21.0. The standard InChI is InChI=1S/C25H24ClN3O4S.ClH/c26-18-4-2-1-3-17(18)22(29-10-7-16(30)13-29)21-12-27-24(34-21)28-23(31)25(8-9-25)15-5-6-19-20(11-15)33-14-32-19;/h1-6,11-12,16,22,30H,7-10,13-14H2,(H,27,28,31);1H/t16-,22-;/m1./s1. The van der Waals surface area contributed by atoms with Crippen LogP contribution in [0.15, 0.2) is 48.7 Å². The number of hydrogen-bond acceptors (Lipinski definition) is 7. The molecule has 3 aromatic rings. The SMILES string of the molecule is Cl.O=C(Nc1ncc([C@@H](c2ccccc2Cl)N2CC[C@@H](O)C2)s1)C1(c2ccc3c(c2)OCO3)CC1. The van der Waals surface area contributed by atoms with E-state index >= 15 is 0 Å². The van der Waals surface area contributed by atoms with Crippen LogP contribution in [-0.4, -0.2) is 46.9 Å². The average molecular weight is 534 g/mol. The molecule has 2 atom stereocenters. The number of nitrogens with one attached hydrogen (secondary N) is 1. The van der Waals surface area contributed by atoms with Gasteiger partial charge in [0, 0.05) is 29.2 Å². The quantitative estimate of drug-likeness (QED) is 0.474. The molecular weight excluding hydrogens is 509 g/mol. The molecule has 2 N–H and O–H groups in total. The van der Waals surface area contributed by atoms with Gasteiger partial charge in [-0.2, -0.15) is 0 Å². The molecule has 7 nitrogen and oxygen atoms in total. The number of halogens is 2. The maximum atomic E-state index is 13.3. The van der Waals surface area contributed by atoms with Gasteiger partial charge in [0.25, 0.3) is 0 Å². The van der Waals surface area contributed by atoms with Gasteiger partial charge in [-0.05, 0) is 48.6 Å². The van der Waals surface area contributed by atoms with Gasteiger partial charge in [-0.25, -0.2) is 4.98 Å². The number of thiazole rings is 1. The molecule has 6 rings (SSSR count). The highest BCUT2D eigenvalue weighted by atomic mass is 35.5. The van der Waals surface area contributed by atoms with Crippen LogP contribution in [-0.2, 0) is 10.2 Å². The fourth-order valence-electron chi connectivity index (χ4n) is 4.88. The highest BCUT2D eigenvalue weighted by Gasteiger charge is 2.52. The molecule has 0 bridgehead atoms. The lowest BCUT2D eigenvalue weighted by molar-refractivity contribution is -0.118. The van der Waals surface area contributed by atoms with Crippen molar-refractivity contribution in [2.75, 3.05) is 25.2 Å². The number of carbonyl (C=O) groups is 1. The summed E-state index contributed by atoms with van der Waals surface area (Å²) in [6.07, 6.45) is 3.74. The zero-order chi connectivity index (χ0) is 23.3. The van der Waals surface area contributed by atoms with Gasteiger partial charge in [0.2, 0.25) is 12.7 Å². The van der Waals surface area contributed by atoms with Gasteiger partial charge in [-0.1, -0.05) is 47.2 Å². The minimum atomic E-state index is -0.561. The van der Waals surface area contributed by atoms with Gasteiger partial charge >= 0.3 is 0 Å². The third-order valence-corrected chi connectivity index (χ3v) is 8.19. The molecule has 184 valence electrons. The molecule has 1 amide bonds. The summed E-state index contributed by atoms with van der Waals surface area (Å²) >= 11 is 8.01. The maximum absolute atomic E-state index is 13.3. The summed E-state index contributed by atoms with van der Waals surface area (Å²) in [6, 6.07) is 13.4. The number of aliphatic hydroxyl groups is 1. The van der Waals surface area contributed by atoms with E-state index in [0.717, 1.165) is 41.8 Å². The Morgan fingerprint density at radius 1 is 1.23 bits per heavy atom. The summed E-state index contributed by atoms with van der Waals surface area (Å²) in [5, 5.41) is 14.4. The summed E-state index contributed by atoms with van der Waals surface area (Å²) < 4.78 is 10.9. The van der Waals surface area contributed by atoms with E-state index < -0.39 is 5.41 Å². The topological polar surface area (TPSA) is 83.9 Å². The summed E-state index contributed by atoms with van der Waals surface area (Å²) in [6.45, 7) is 1.55. The normalized spacial score (nSPS) is 20.8. The Bertz CT molecular complexity index is 1250. The Morgan fingerprint density at radius 2 is 2.03 bits per heavy atom. The van der Waals surface area contributed by atoms with Crippen LogP contribution >= 0.6 is 35.3 Å². The Hall–Kier alpha value is -2.36. The lowest BCUT2D eigenvalue weighted by Crippen LogP contribution is -2.28. The number of rotatable bonds is 6. The zero-order valence-corrected chi connectivity index (χ0v) is 21.2. The molecule has 3 aliphatic rings. The minimum absolute atomic E-state index is 0. The fraction of sp³-hybridized carbons (Fsp3) is 0.360. The first-order chi connectivity index (χ1) is 16.5. The molecule has 35 heavy (non-hydrogen) atoms. The van der Waals surface area contributed by atoms with Crippen molar-refractivity contribution in [3.63, 3.8) is 0 Å². The van der Waals surface area contributed by atoms with Crippen LogP contribution in [0.2, 0.25) is 5.02 Å². The lowest BCUT2D eigenvalue weighted by atomic mass is 9.94. The highest BCUT2D eigenvalue weighted by molar-refractivity contribution is 7.15. The molecule has 1 aliphatic carbocycles. The molecule has 2 fully saturated rings. The second kappa shape index (κ2) is 9.59. The molecule has 1 saturated carbocycles. The molecular formula is C25H25Cl2N3O4S. The van der Waals surface area contributed by atoms with Gasteiger partial charge < -0.3 is 19.9 Å². The van der Waals surface area contributed by atoms with E-state index in [1.807, 2.05) is 42.5 Å². The summed E-state index contributed by atoms with van der Waals surface area (Å²) in [5.41, 5.74) is 1.35. The molecule has 3 heterocycles. The van der Waals surface area contributed by atoms with Gasteiger partial charge in [-0.3, -0.25) is 9.69 Å². The number of hydrogen-bond donors (Lipinski definition) is 2. The highest BCUT2D eigenvalue weighted by Crippen LogP contribution is 2.51. The Morgan fingerprint density at radius 3 is 2.77 bits per heavy atom. The van der Waals surface area contributed by atoms with Gasteiger partial charge in [-0.15, -0.1) is 12.4 Å². The van der Waals surface area contributed by atoms with Crippen molar-refractivity contribution in [2.45, 2.75) is 36.8 Å². The number of amides is 1. The maximum Gasteiger partial charge on any atom is 0.236 e. The minimum Gasteiger partial charge on any atom is -0.454 e. The largest absolute Gasteiger partial charge is 0.454 e. The van der Waals surface area contributed by atoms with Crippen molar-refractivity contribution in [1.82, 2.24) is 9.88 Å². The first-order valence-electron chi connectivity index (χ1n) is 11.4. The Kier molecular flexibility index (Phi) is 6.67. The number of β-amino-alcohol motifs (C(OH)–C–C–N with tert-alkyl or cyclic N) is 1. The number of nitrogens with zero attached hydrogens (tertiary/aromatic N) is 2. The average Bonchev–Trinajstić information content (AvgIpc) is 3.13. The number of aliphatic hydroxyl groups excluding tert-OH is 1. The number of carbonyl (C=O) groups excluding carboxylic acids is 1. The predicted octanol–water partition coefficient (Wildman–Crippen LogP) is 4.77. The molecule has 0 unspecified atom stereocenters. The third-order valence-electron chi connectivity index (χ3n) is 6.88. The van der Waals surface area contributed by atoms with E-state index in [1.54, 1.807) is 6.20 Å². The van der Waals surface area contributed by atoms with E-state index in [-0.39, 0.29) is 37.3 Å². The molecule has 2 aromatic carbocycles. The Balaban J connectivity index is 0.00000253. The molecule has 2 aliphatic heterocycles. The monoisotopic (exact) mass is 533 g/mol. The van der Waals surface area contributed by atoms with Gasteiger partial charge in [0.05, 0.1) is 17.6 Å². The van der Waals surface area contributed by atoms with Crippen molar-refractivity contribution in [2.24, 2.45) is 0 Å². The van der Waals surface area contributed by atoms with E-state index in [4.69, 9.17) is 21.1 Å². The number of ether oxygens (including phenoxy) is 2. The van der Waals surface area contributed by atoms with Crippen molar-refractivity contribution < 1.29 is 19.4 Å². The lowest BCUT2D eigenvalue weighted by Gasteiger charge is -2.27. The van der Waals surface area contributed by atoms with E-state index in [1.165, 1.54) is 11.3 Å². The summed E-state index contributed by atoms with van der Waals surface area (Å²) in [5.74, 6) is 1.34. The first kappa shape index (κ1) is 24.3. The number of anilines is 1.